The molecule has 51 valence electrons. The molecule has 1 aromatic carbocycles. The highest BCUT2D eigenvalue weighted by atomic mass is 35.5. The molecule has 0 aromatic heterocycles. The minimum Gasteiger partial charge on any atom is -0.192 e. The fourth-order valence-corrected chi connectivity index (χ4v) is 0.930. The maximum atomic E-state index is 8.51. The average Bonchev–Trinajstić information content (AvgIpc) is 2.05. The van der Waals surface area contributed by atoms with E-state index in [1.807, 2.05) is 6.07 Å². The summed E-state index contributed by atoms with van der Waals surface area (Å²) in [6.07, 6.45) is 6.81. The molecule has 1 radical (unpaired) electrons. The van der Waals surface area contributed by atoms with E-state index >= 15 is 0 Å². The molecule has 0 aliphatic carbocycles. The molecule has 0 aliphatic rings. The summed E-state index contributed by atoms with van der Waals surface area (Å²) in [4.78, 5) is 0. The van der Waals surface area contributed by atoms with E-state index < -0.39 is 0 Å². The fraction of sp³-hybridized carbons (Fsp3) is 0. The van der Waals surface area contributed by atoms with Gasteiger partial charge in [-0.15, -0.1) is 0 Å². The Labute approximate surface area is 70.2 Å². The standard InChI is InChI=1S/C9H3ClN/c1-2-7-4-3-5-8(6-11)9(7)10/h3-5H. The lowest BCUT2D eigenvalue weighted by Crippen LogP contribution is -1.80. The van der Waals surface area contributed by atoms with Gasteiger partial charge in [-0.1, -0.05) is 23.6 Å². The summed E-state index contributed by atoms with van der Waals surface area (Å²) in [5.41, 5.74) is 0.828. The zero-order valence-corrected chi connectivity index (χ0v) is 6.31. The molecule has 0 N–H and O–H groups in total. The van der Waals surface area contributed by atoms with Gasteiger partial charge in [-0.3, -0.25) is 0 Å². The van der Waals surface area contributed by atoms with Gasteiger partial charge in [0.1, 0.15) is 6.07 Å². The highest BCUT2D eigenvalue weighted by molar-refractivity contribution is 6.32. The van der Waals surface area contributed by atoms with Crippen molar-refractivity contribution in [3.8, 4) is 12.0 Å². The zero-order valence-electron chi connectivity index (χ0n) is 5.56. The molecule has 1 aromatic rings. The summed E-state index contributed by atoms with van der Waals surface area (Å²) >= 11 is 5.70. The van der Waals surface area contributed by atoms with E-state index in [9.17, 15) is 0 Å². The second-order valence-corrected chi connectivity index (χ2v) is 2.28. The zero-order chi connectivity index (χ0) is 8.27. The molecule has 0 aliphatic heterocycles. The van der Waals surface area contributed by atoms with E-state index in [4.69, 9.17) is 23.3 Å². The Morgan fingerprint density at radius 3 is 2.55 bits per heavy atom. The Hall–Kier alpha value is -1.44. The van der Waals surface area contributed by atoms with Crippen molar-refractivity contribution in [2.24, 2.45) is 0 Å². The van der Waals surface area contributed by atoms with Crippen molar-refractivity contribution in [3.05, 3.63) is 40.8 Å². The monoisotopic (exact) mass is 160 g/mol. The predicted molar refractivity (Wildman–Crippen MR) is 42.4 cm³/mol. The van der Waals surface area contributed by atoms with Crippen LogP contribution in [0.25, 0.3) is 0 Å². The minimum absolute atomic E-state index is 0.296. The van der Waals surface area contributed by atoms with Crippen LogP contribution in [0.15, 0.2) is 18.2 Å². The van der Waals surface area contributed by atoms with Crippen LogP contribution >= 0.6 is 11.6 Å². The first kappa shape index (κ1) is 7.66. The van der Waals surface area contributed by atoms with Crippen molar-refractivity contribution in [3.63, 3.8) is 0 Å². The van der Waals surface area contributed by atoms with Crippen molar-refractivity contribution >= 4 is 11.6 Å². The molecule has 0 amide bonds. The van der Waals surface area contributed by atoms with Crippen LogP contribution in [-0.4, -0.2) is 0 Å². The van der Waals surface area contributed by atoms with Crippen LogP contribution in [0.2, 0.25) is 5.02 Å². The van der Waals surface area contributed by atoms with Gasteiger partial charge in [0.2, 0.25) is 0 Å². The SMILES string of the molecule is [C]#Cc1cccc(C#N)c1Cl. The first-order valence-corrected chi connectivity index (χ1v) is 3.28. The van der Waals surface area contributed by atoms with Crippen molar-refractivity contribution < 1.29 is 0 Å². The molecule has 0 saturated carbocycles. The summed E-state index contributed by atoms with van der Waals surface area (Å²) in [5.74, 6) is 2.14. The quantitative estimate of drug-likeness (QED) is 0.534. The molecular formula is C9H3ClN. The van der Waals surface area contributed by atoms with Crippen LogP contribution in [0.3, 0.4) is 0 Å². The first-order chi connectivity index (χ1) is 5.29. The third kappa shape index (κ3) is 1.34. The Bertz CT molecular complexity index is 323. The van der Waals surface area contributed by atoms with E-state index in [1.165, 1.54) is 0 Å². The second kappa shape index (κ2) is 3.10. The van der Waals surface area contributed by atoms with E-state index in [2.05, 4.69) is 5.92 Å². The average molecular weight is 161 g/mol. The van der Waals surface area contributed by atoms with Crippen molar-refractivity contribution in [2.45, 2.75) is 0 Å². The molecule has 0 spiro atoms. The Morgan fingerprint density at radius 2 is 2.00 bits per heavy atom. The lowest BCUT2D eigenvalue weighted by atomic mass is 10.1. The molecule has 0 saturated heterocycles. The summed E-state index contributed by atoms with van der Waals surface area (Å²) < 4.78 is 0. The molecule has 1 rings (SSSR count). The largest absolute Gasteiger partial charge is 0.192 e. The highest BCUT2D eigenvalue weighted by Crippen LogP contribution is 2.18. The Balaban J connectivity index is 3.38. The molecule has 0 bridgehead atoms. The first-order valence-electron chi connectivity index (χ1n) is 2.91. The van der Waals surface area contributed by atoms with Crippen LogP contribution in [0.5, 0.6) is 0 Å². The molecule has 0 fully saturated rings. The van der Waals surface area contributed by atoms with Crippen LogP contribution in [0.1, 0.15) is 11.1 Å². The van der Waals surface area contributed by atoms with Gasteiger partial charge < -0.3 is 0 Å². The number of nitrogens with zero attached hydrogens (tertiary/aromatic N) is 1. The van der Waals surface area contributed by atoms with Gasteiger partial charge >= 0.3 is 0 Å². The van der Waals surface area contributed by atoms with E-state index in [-0.39, 0.29) is 0 Å². The van der Waals surface area contributed by atoms with Crippen LogP contribution in [0.4, 0.5) is 0 Å². The number of benzene rings is 1. The third-order valence-electron chi connectivity index (χ3n) is 1.25. The smallest absolute Gasteiger partial charge is 0.101 e. The maximum absolute atomic E-state index is 8.51. The number of nitriles is 1. The van der Waals surface area contributed by atoms with Gasteiger partial charge in [0, 0.05) is 5.56 Å². The predicted octanol–water partition coefficient (Wildman–Crippen LogP) is 2.15. The van der Waals surface area contributed by atoms with E-state index in [0.29, 0.717) is 16.1 Å². The summed E-state index contributed by atoms with van der Waals surface area (Å²) in [7, 11) is 0. The molecule has 0 atom stereocenters. The van der Waals surface area contributed by atoms with Gasteiger partial charge in [-0.25, -0.2) is 0 Å². The van der Waals surface area contributed by atoms with Gasteiger partial charge in [0.05, 0.1) is 10.6 Å². The number of hydrogen-bond acceptors (Lipinski definition) is 1. The summed E-state index contributed by atoms with van der Waals surface area (Å²) in [6.45, 7) is 0. The van der Waals surface area contributed by atoms with Crippen LogP contribution < -0.4 is 0 Å². The third-order valence-corrected chi connectivity index (χ3v) is 1.66. The topological polar surface area (TPSA) is 23.8 Å². The molecule has 0 unspecified atom stereocenters. The van der Waals surface area contributed by atoms with Crippen LogP contribution in [0, 0.1) is 23.7 Å². The molecule has 2 heteroatoms. The van der Waals surface area contributed by atoms with Gasteiger partial charge in [-0.2, -0.15) is 5.26 Å². The second-order valence-electron chi connectivity index (χ2n) is 1.90. The van der Waals surface area contributed by atoms with Gasteiger partial charge in [0.15, 0.2) is 0 Å². The normalized spacial score (nSPS) is 8.27. The molecule has 1 nitrogen and oxygen atoms in total. The minimum atomic E-state index is 0.296. The van der Waals surface area contributed by atoms with Crippen molar-refractivity contribution in [1.29, 1.82) is 5.26 Å². The maximum Gasteiger partial charge on any atom is 0.101 e. The van der Waals surface area contributed by atoms with E-state index in [1.54, 1.807) is 18.2 Å². The Morgan fingerprint density at radius 1 is 1.36 bits per heavy atom. The molecule has 0 heterocycles. The number of rotatable bonds is 0. The van der Waals surface area contributed by atoms with Gasteiger partial charge in [0.25, 0.3) is 0 Å². The summed E-state index contributed by atoms with van der Waals surface area (Å²) in [6, 6.07) is 6.82. The highest BCUT2D eigenvalue weighted by Gasteiger charge is 2.01. The lowest BCUT2D eigenvalue weighted by molar-refractivity contribution is 1.48. The van der Waals surface area contributed by atoms with E-state index in [0.717, 1.165) is 0 Å². The van der Waals surface area contributed by atoms with Gasteiger partial charge in [-0.05, 0) is 18.6 Å². The number of hydrogen-bond donors (Lipinski definition) is 0. The lowest BCUT2D eigenvalue weighted by Gasteiger charge is -1.95. The summed E-state index contributed by atoms with van der Waals surface area (Å²) in [5, 5.41) is 8.81. The van der Waals surface area contributed by atoms with Crippen molar-refractivity contribution in [1.82, 2.24) is 0 Å². The number of halogens is 1. The molecular weight excluding hydrogens is 158 g/mol. The van der Waals surface area contributed by atoms with Crippen LogP contribution in [-0.2, 0) is 0 Å². The molecule has 11 heavy (non-hydrogen) atoms. The van der Waals surface area contributed by atoms with Crippen molar-refractivity contribution in [2.75, 3.05) is 0 Å². The Kier molecular flexibility index (Phi) is 2.16. The fourth-order valence-electron chi connectivity index (χ4n) is 0.715.